The zero-order valence-electron chi connectivity index (χ0n) is 18.5. The van der Waals surface area contributed by atoms with Crippen LogP contribution in [0.5, 0.6) is 0 Å². The number of hydrogen-bond donors (Lipinski definition) is 5. The van der Waals surface area contributed by atoms with Crippen LogP contribution in [0.3, 0.4) is 0 Å². The molecule has 1 aromatic heterocycles. The predicted octanol–water partition coefficient (Wildman–Crippen LogP) is 6.31. The Kier molecular flexibility index (Phi) is 5.91. The first-order valence-corrected chi connectivity index (χ1v) is 10.8. The predicted molar refractivity (Wildman–Crippen MR) is 132 cm³/mol. The highest BCUT2D eigenvalue weighted by Crippen LogP contribution is 2.35. The summed E-state index contributed by atoms with van der Waals surface area (Å²) in [6.45, 7) is 0. The Morgan fingerprint density at radius 2 is 1.58 bits per heavy atom. The zero-order valence-corrected chi connectivity index (χ0v) is 18.5. The van der Waals surface area contributed by atoms with Crippen LogP contribution in [-0.4, -0.2) is 16.9 Å². The van der Waals surface area contributed by atoms with Gasteiger partial charge in [0.25, 0.3) is 5.91 Å². The fourth-order valence-corrected chi connectivity index (χ4v) is 3.78. The third kappa shape index (κ3) is 4.78. The number of nitrogens with one attached hydrogen (secondary N) is 5. The standard InChI is InChI=1S/C26H18F3N5O2/c27-14-9-21(28)24(22(29)10-14)34-26(36)32-17-4-1-3-16(11-17)31-18-6-7-19-20(12-15-5-2-8-30-15)25(35)33-23(19)13-18/h1-13,30-31H,(H,33,35)(H2,32,34,36)/b20-12+. The topological polar surface area (TPSA) is 98.1 Å². The molecule has 0 fully saturated rings. The van der Waals surface area contributed by atoms with Crippen LogP contribution in [0.4, 0.5) is 46.4 Å². The second-order valence-corrected chi connectivity index (χ2v) is 7.93. The summed E-state index contributed by atoms with van der Waals surface area (Å²) < 4.78 is 40.6. The number of benzene rings is 3. The van der Waals surface area contributed by atoms with E-state index in [1.54, 1.807) is 42.6 Å². The van der Waals surface area contributed by atoms with Crippen LogP contribution in [0.25, 0.3) is 11.6 Å². The Morgan fingerprint density at radius 3 is 2.33 bits per heavy atom. The highest BCUT2D eigenvalue weighted by atomic mass is 19.1. The summed E-state index contributed by atoms with van der Waals surface area (Å²) in [6, 6.07) is 15.8. The average Bonchev–Trinajstić information content (AvgIpc) is 3.44. The molecule has 7 nitrogen and oxygen atoms in total. The van der Waals surface area contributed by atoms with Gasteiger partial charge in [0.2, 0.25) is 0 Å². The minimum absolute atomic E-state index is 0.206. The molecule has 0 radical (unpaired) electrons. The summed E-state index contributed by atoms with van der Waals surface area (Å²) in [6.07, 6.45) is 3.55. The highest BCUT2D eigenvalue weighted by Gasteiger charge is 2.24. The van der Waals surface area contributed by atoms with Crippen LogP contribution in [-0.2, 0) is 4.79 Å². The SMILES string of the molecule is O=C(Nc1cccc(Nc2ccc3c(c2)NC(=O)/C3=C/c2ccc[nH]2)c1)Nc1c(F)cc(F)cc1F. The number of aromatic amines is 1. The number of urea groups is 1. The smallest absolute Gasteiger partial charge is 0.323 e. The molecule has 5 N–H and O–H groups in total. The van der Waals surface area contributed by atoms with Crippen LogP contribution < -0.4 is 21.3 Å². The minimum atomic E-state index is -1.23. The summed E-state index contributed by atoms with van der Waals surface area (Å²) in [5, 5.41) is 10.6. The number of amides is 3. The number of fused-ring (bicyclic) bond motifs is 1. The summed E-state index contributed by atoms with van der Waals surface area (Å²) in [5.41, 5.74) is 3.66. The first kappa shape index (κ1) is 22.8. The number of hydrogen-bond acceptors (Lipinski definition) is 3. The van der Waals surface area contributed by atoms with Gasteiger partial charge in [0, 0.05) is 46.6 Å². The van der Waals surface area contributed by atoms with E-state index in [0.29, 0.717) is 40.5 Å². The molecule has 3 aromatic carbocycles. The first-order valence-electron chi connectivity index (χ1n) is 10.8. The van der Waals surface area contributed by atoms with Crippen LogP contribution in [0.1, 0.15) is 11.3 Å². The minimum Gasteiger partial charge on any atom is -0.362 e. The van der Waals surface area contributed by atoms with Gasteiger partial charge in [-0.2, -0.15) is 0 Å². The van der Waals surface area contributed by atoms with Crippen LogP contribution in [0.2, 0.25) is 0 Å². The summed E-state index contributed by atoms with van der Waals surface area (Å²) in [5.74, 6) is -3.75. The lowest BCUT2D eigenvalue weighted by Gasteiger charge is -2.12. The monoisotopic (exact) mass is 489 g/mol. The molecule has 0 atom stereocenters. The lowest BCUT2D eigenvalue weighted by atomic mass is 10.1. The van der Waals surface area contributed by atoms with E-state index in [9.17, 15) is 22.8 Å². The second-order valence-electron chi connectivity index (χ2n) is 7.93. The third-order valence-corrected chi connectivity index (χ3v) is 5.38. The second kappa shape index (κ2) is 9.34. The van der Waals surface area contributed by atoms with Crippen molar-refractivity contribution < 1.29 is 22.8 Å². The molecule has 4 aromatic rings. The van der Waals surface area contributed by atoms with Gasteiger partial charge in [-0.15, -0.1) is 0 Å². The normalized spacial score (nSPS) is 13.3. The molecule has 0 aliphatic carbocycles. The van der Waals surface area contributed by atoms with Crippen molar-refractivity contribution in [2.45, 2.75) is 0 Å². The molecule has 3 amide bonds. The molecule has 0 saturated heterocycles. The van der Waals surface area contributed by atoms with E-state index in [-0.39, 0.29) is 5.91 Å². The number of H-pyrrole nitrogens is 1. The Labute approximate surface area is 203 Å². The van der Waals surface area contributed by atoms with Gasteiger partial charge in [-0.3, -0.25) is 4.79 Å². The summed E-state index contributed by atoms with van der Waals surface area (Å²) in [7, 11) is 0. The van der Waals surface area contributed by atoms with Gasteiger partial charge in [0.1, 0.15) is 11.5 Å². The molecule has 0 bridgehead atoms. The van der Waals surface area contributed by atoms with Crippen molar-refractivity contribution in [1.82, 2.24) is 4.98 Å². The van der Waals surface area contributed by atoms with E-state index in [1.807, 2.05) is 29.6 Å². The van der Waals surface area contributed by atoms with Gasteiger partial charge < -0.3 is 26.3 Å². The quantitative estimate of drug-likeness (QED) is 0.213. The van der Waals surface area contributed by atoms with Crippen molar-refractivity contribution in [2.24, 2.45) is 0 Å². The third-order valence-electron chi connectivity index (χ3n) is 5.38. The Morgan fingerprint density at radius 1 is 0.833 bits per heavy atom. The maximum absolute atomic E-state index is 13.8. The molecule has 1 aliphatic rings. The van der Waals surface area contributed by atoms with Crippen LogP contribution >= 0.6 is 0 Å². The van der Waals surface area contributed by atoms with Gasteiger partial charge in [0.05, 0.1) is 11.3 Å². The van der Waals surface area contributed by atoms with Crippen molar-refractivity contribution in [3.05, 3.63) is 102 Å². The van der Waals surface area contributed by atoms with Gasteiger partial charge in [0.15, 0.2) is 11.6 Å². The molecule has 10 heteroatoms. The fraction of sp³-hybridized carbons (Fsp3) is 0. The van der Waals surface area contributed by atoms with Crippen molar-refractivity contribution in [3.8, 4) is 0 Å². The molecular weight excluding hydrogens is 471 g/mol. The lowest BCUT2D eigenvalue weighted by Crippen LogP contribution is -2.21. The van der Waals surface area contributed by atoms with E-state index < -0.39 is 29.2 Å². The molecule has 0 unspecified atom stereocenters. The van der Waals surface area contributed by atoms with E-state index >= 15 is 0 Å². The molecule has 1 aliphatic heterocycles. The van der Waals surface area contributed by atoms with Crippen molar-refractivity contribution in [2.75, 3.05) is 21.3 Å². The number of rotatable bonds is 5. The van der Waals surface area contributed by atoms with Crippen molar-refractivity contribution in [3.63, 3.8) is 0 Å². The molecule has 2 heterocycles. The lowest BCUT2D eigenvalue weighted by molar-refractivity contribution is -0.110. The van der Waals surface area contributed by atoms with Gasteiger partial charge in [-0.1, -0.05) is 12.1 Å². The number of aromatic nitrogens is 1. The number of anilines is 5. The Bertz CT molecular complexity index is 1490. The molecule has 0 spiro atoms. The number of carbonyl (C=O) groups excluding carboxylic acids is 2. The number of carbonyl (C=O) groups is 2. The zero-order chi connectivity index (χ0) is 25.2. The molecule has 180 valence electrons. The Balaban J connectivity index is 1.29. The molecule has 36 heavy (non-hydrogen) atoms. The van der Waals surface area contributed by atoms with E-state index in [4.69, 9.17) is 0 Å². The van der Waals surface area contributed by atoms with E-state index in [0.717, 1.165) is 11.3 Å². The number of halogens is 3. The van der Waals surface area contributed by atoms with E-state index in [2.05, 4.69) is 20.9 Å². The molecule has 5 rings (SSSR count). The molecule has 0 saturated carbocycles. The molecular formula is C26H18F3N5O2. The fourth-order valence-electron chi connectivity index (χ4n) is 3.78. The maximum atomic E-state index is 13.8. The largest absolute Gasteiger partial charge is 0.362 e. The van der Waals surface area contributed by atoms with Gasteiger partial charge in [-0.05, 0) is 48.5 Å². The van der Waals surface area contributed by atoms with E-state index in [1.165, 1.54) is 0 Å². The Hall–Kier alpha value is -4.99. The van der Waals surface area contributed by atoms with Crippen molar-refractivity contribution in [1.29, 1.82) is 0 Å². The first-order chi connectivity index (χ1) is 17.4. The highest BCUT2D eigenvalue weighted by molar-refractivity contribution is 6.35. The van der Waals surface area contributed by atoms with Gasteiger partial charge >= 0.3 is 6.03 Å². The summed E-state index contributed by atoms with van der Waals surface area (Å²) in [4.78, 5) is 27.7. The van der Waals surface area contributed by atoms with Crippen LogP contribution in [0, 0.1) is 17.5 Å². The maximum Gasteiger partial charge on any atom is 0.323 e. The van der Waals surface area contributed by atoms with Crippen molar-refractivity contribution >= 4 is 52.0 Å². The summed E-state index contributed by atoms with van der Waals surface area (Å²) >= 11 is 0. The van der Waals surface area contributed by atoms with Gasteiger partial charge in [-0.25, -0.2) is 18.0 Å². The average molecular weight is 489 g/mol. The van der Waals surface area contributed by atoms with Crippen LogP contribution in [0.15, 0.2) is 72.9 Å².